The highest BCUT2D eigenvalue weighted by Crippen LogP contribution is 2.27. The first kappa shape index (κ1) is 13.7. The quantitative estimate of drug-likeness (QED) is 0.915. The molecule has 20 heavy (non-hydrogen) atoms. The van der Waals surface area contributed by atoms with Crippen LogP contribution >= 0.6 is 0 Å². The van der Waals surface area contributed by atoms with Gasteiger partial charge in [0, 0.05) is 44.7 Å². The second-order valence-corrected chi connectivity index (χ2v) is 5.62. The number of ether oxygens (including phenoxy) is 2. The summed E-state index contributed by atoms with van der Waals surface area (Å²) in [6.07, 6.45) is 2.31. The molecule has 1 N–H and O–H groups in total. The fourth-order valence-corrected chi connectivity index (χ4v) is 2.86. The van der Waals surface area contributed by atoms with Gasteiger partial charge in [0.1, 0.15) is 11.9 Å². The van der Waals surface area contributed by atoms with Crippen molar-refractivity contribution in [2.45, 2.75) is 25.9 Å². The predicted molar refractivity (Wildman–Crippen MR) is 80.7 cm³/mol. The lowest BCUT2D eigenvalue weighted by Crippen LogP contribution is -2.43. The third-order valence-electron chi connectivity index (χ3n) is 4.10. The molecule has 3 rings (SSSR count). The number of anilines is 1. The highest BCUT2D eigenvalue weighted by atomic mass is 16.5. The Bertz CT molecular complexity index is 438. The first-order valence-electron chi connectivity index (χ1n) is 7.63. The molecule has 0 bridgehead atoms. The van der Waals surface area contributed by atoms with Crippen LogP contribution in [-0.4, -0.2) is 45.5 Å². The molecule has 0 radical (unpaired) electrons. The average molecular weight is 276 g/mol. The summed E-state index contributed by atoms with van der Waals surface area (Å²) < 4.78 is 11.5. The van der Waals surface area contributed by atoms with Crippen molar-refractivity contribution in [1.29, 1.82) is 0 Å². The van der Waals surface area contributed by atoms with Gasteiger partial charge in [-0.1, -0.05) is 0 Å². The molecule has 0 saturated carbocycles. The molecular weight excluding hydrogens is 252 g/mol. The van der Waals surface area contributed by atoms with Crippen LogP contribution in [0.25, 0.3) is 0 Å². The zero-order chi connectivity index (χ0) is 13.8. The van der Waals surface area contributed by atoms with Crippen LogP contribution in [0.1, 0.15) is 18.4 Å². The number of benzene rings is 1. The van der Waals surface area contributed by atoms with Gasteiger partial charge in [0.2, 0.25) is 0 Å². The maximum Gasteiger partial charge on any atom is 0.122 e. The molecule has 4 heteroatoms. The number of aryl methyl sites for hydroxylation is 1. The summed E-state index contributed by atoms with van der Waals surface area (Å²) in [5.41, 5.74) is 2.54. The zero-order valence-electron chi connectivity index (χ0n) is 12.2. The van der Waals surface area contributed by atoms with Crippen molar-refractivity contribution < 1.29 is 9.47 Å². The molecule has 0 amide bonds. The van der Waals surface area contributed by atoms with Crippen molar-refractivity contribution in [3.8, 4) is 5.75 Å². The molecule has 0 atom stereocenters. The van der Waals surface area contributed by atoms with Crippen molar-refractivity contribution >= 4 is 5.69 Å². The van der Waals surface area contributed by atoms with Crippen LogP contribution in [0.5, 0.6) is 5.75 Å². The predicted octanol–water partition coefficient (Wildman–Crippen LogP) is 1.96. The molecule has 2 heterocycles. The second kappa shape index (κ2) is 6.46. The minimum atomic E-state index is 0.312. The van der Waals surface area contributed by atoms with E-state index in [0.717, 1.165) is 58.0 Å². The minimum Gasteiger partial charge on any atom is -0.490 e. The number of nitrogens with zero attached hydrogens (tertiary/aromatic N) is 1. The first-order chi connectivity index (χ1) is 9.83. The Morgan fingerprint density at radius 3 is 2.65 bits per heavy atom. The van der Waals surface area contributed by atoms with E-state index in [4.69, 9.17) is 9.47 Å². The molecule has 1 aromatic rings. The first-order valence-corrected chi connectivity index (χ1v) is 7.63. The molecule has 2 aliphatic rings. The Labute approximate surface area is 121 Å². The zero-order valence-corrected chi connectivity index (χ0v) is 12.2. The van der Waals surface area contributed by atoms with Gasteiger partial charge in [-0.25, -0.2) is 0 Å². The van der Waals surface area contributed by atoms with Gasteiger partial charge < -0.3 is 19.7 Å². The topological polar surface area (TPSA) is 33.7 Å². The number of nitrogens with one attached hydrogen (secondary N) is 1. The third kappa shape index (κ3) is 3.25. The molecular formula is C16H24N2O2. The van der Waals surface area contributed by atoms with Gasteiger partial charge in [-0.2, -0.15) is 0 Å². The molecule has 0 unspecified atom stereocenters. The van der Waals surface area contributed by atoms with Crippen LogP contribution in [0, 0.1) is 6.92 Å². The molecule has 0 spiro atoms. The Balaban J connectivity index is 1.66. The highest BCUT2D eigenvalue weighted by molar-refractivity contribution is 5.53. The number of hydrogen-bond donors (Lipinski definition) is 1. The summed E-state index contributed by atoms with van der Waals surface area (Å²) in [4.78, 5) is 2.43. The Morgan fingerprint density at radius 1 is 1.20 bits per heavy atom. The van der Waals surface area contributed by atoms with Crippen LogP contribution in [0.2, 0.25) is 0 Å². The van der Waals surface area contributed by atoms with E-state index in [2.05, 4.69) is 35.3 Å². The molecule has 0 aromatic heterocycles. The lowest BCUT2D eigenvalue weighted by molar-refractivity contribution is 0.0253. The molecule has 2 saturated heterocycles. The standard InChI is InChI=1S/C16H24N2O2/c1-13-12-14(18-8-6-17-7-9-18)2-3-16(13)20-15-4-10-19-11-5-15/h2-3,12,15,17H,4-11H2,1H3. The van der Waals surface area contributed by atoms with E-state index in [1.807, 2.05) is 0 Å². The summed E-state index contributed by atoms with van der Waals surface area (Å²) in [5, 5.41) is 3.39. The maximum absolute atomic E-state index is 6.12. The SMILES string of the molecule is Cc1cc(N2CCNCC2)ccc1OC1CCOCC1. The Kier molecular flexibility index (Phi) is 4.43. The van der Waals surface area contributed by atoms with Crippen LogP contribution in [-0.2, 0) is 4.74 Å². The molecule has 2 aliphatic heterocycles. The van der Waals surface area contributed by atoms with E-state index < -0.39 is 0 Å². The maximum atomic E-state index is 6.12. The highest BCUT2D eigenvalue weighted by Gasteiger charge is 2.17. The van der Waals surface area contributed by atoms with Crippen molar-refractivity contribution in [2.24, 2.45) is 0 Å². The lowest BCUT2D eigenvalue weighted by Gasteiger charge is -2.30. The van der Waals surface area contributed by atoms with Crippen LogP contribution in [0.15, 0.2) is 18.2 Å². The number of piperazine rings is 1. The Hall–Kier alpha value is -1.26. The normalized spacial score (nSPS) is 20.9. The summed E-state index contributed by atoms with van der Waals surface area (Å²) in [7, 11) is 0. The van der Waals surface area contributed by atoms with Crippen molar-refractivity contribution in [3.05, 3.63) is 23.8 Å². The molecule has 0 aliphatic carbocycles. The number of rotatable bonds is 3. The lowest BCUT2D eigenvalue weighted by atomic mass is 10.1. The summed E-state index contributed by atoms with van der Waals surface area (Å²) in [6, 6.07) is 6.56. The van der Waals surface area contributed by atoms with E-state index in [1.54, 1.807) is 0 Å². The second-order valence-electron chi connectivity index (χ2n) is 5.62. The van der Waals surface area contributed by atoms with Gasteiger partial charge in [-0.15, -0.1) is 0 Å². The molecule has 1 aromatic carbocycles. The van der Waals surface area contributed by atoms with E-state index in [0.29, 0.717) is 6.10 Å². The van der Waals surface area contributed by atoms with Gasteiger partial charge >= 0.3 is 0 Å². The molecule has 2 fully saturated rings. The van der Waals surface area contributed by atoms with E-state index in [1.165, 1.54) is 11.3 Å². The van der Waals surface area contributed by atoms with Crippen molar-refractivity contribution in [2.75, 3.05) is 44.3 Å². The van der Waals surface area contributed by atoms with Gasteiger partial charge in [0.15, 0.2) is 0 Å². The van der Waals surface area contributed by atoms with Crippen molar-refractivity contribution in [1.82, 2.24) is 5.32 Å². The van der Waals surface area contributed by atoms with E-state index in [9.17, 15) is 0 Å². The fourth-order valence-electron chi connectivity index (χ4n) is 2.86. The third-order valence-corrected chi connectivity index (χ3v) is 4.10. The smallest absolute Gasteiger partial charge is 0.122 e. The number of hydrogen-bond acceptors (Lipinski definition) is 4. The van der Waals surface area contributed by atoms with Gasteiger partial charge in [-0.05, 0) is 30.7 Å². The minimum absolute atomic E-state index is 0.312. The van der Waals surface area contributed by atoms with Crippen molar-refractivity contribution in [3.63, 3.8) is 0 Å². The summed E-state index contributed by atoms with van der Waals surface area (Å²) in [5.74, 6) is 1.02. The largest absolute Gasteiger partial charge is 0.490 e. The summed E-state index contributed by atoms with van der Waals surface area (Å²) >= 11 is 0. The van der Waals surface area contributed by atoms with Gasteiger partial charge in [0.25, 0.3) is 0 Å². The van der Waals surface area contributed by atoms with Crippen LogP contribution in [0.3, 0.4) is 0 Å². The van der Waals surface area contributed by atoms with Gasteiger partial charge in [0.05, 0.1) is 13.2 Å². The monoisotopic (exact) mass is 276 g/mol. The van der Waals surface area contributed by atoms with Crippen LogP contribution in [0.4, 0.5) is 5.69 Å². The molecule has 4 nitrogen and oxygen atoms in total. The van der Waals surface area contributed by atoms with E-state index in [-0.39, 0.29) is 0 Å². The van der Waals surface area contributed by atoms with E-state index >= 15 is 0 Å². The van der Waals surface area contributed by atoms with Crippen LogP contribution < -0.4 is 15.0 Å². The molecule has 110 valence electrons. The van der Waals surface area contributed by atoms with Gasteiger partial charge in [-0.3, -0.25) is 0 Å². The fraction of sp³-hybridized carbons (Fsp3) is 0.625. The average Bonchev–Trinajstić information content (AvgIpc) is 2.51. The Morgan fingerprint density at radius 2 is 1.95 bits per heavy atom. The summed E-state index contributed by atoms with van der Waals surface area (Å²) in [6.45, 7) is 8.09.